The maximum Gasteiger partial charge on any atom is 0.305 e. The fraction of sp³-hybridized carbons (Fsp3) is 0.880. The molecular weight excluding hydrogens is 332 g/mol. The van der Waals surface area contributed by atoms with Crippen molar-refractivity contribution in [1.29, 1.82) is 0 Å². The van der Waals surface area contributed by atoms with E-state index in [9.17, 15) is 4.79 Å². The van der Waals surface area contributed by atoms with E-state index in [0.29, 0.717) is 6.42 Å². The first-order chi connectivity index (χ1) is 13.3. The molecule has 0 fully saturated rings. The third kappa shape index (κ3) is 23.2. The molecule has 0 saturated heterocycles. The van der Waals surface area contributed by atoms with Gasteiger partial charge in [0.25, 0.3) is 0 Å². The molecule has 0 rings (SSSR count). The average molecular weight is 381 g/mol. The van der Waals surface area contributed by atoms with Crippen LogP contribution in [-0.4, -0.2) is 13.1 Å². The summed E-state index contributed by atoms with van der Waals surface area (Å²) >= 11 is 0. The van der Waals surface area contributed by atoms with Gasteiger partial charge in [0.1, 0.15) is 0 Å². The molecule has 0 spiro atoms. The van der Waals surface area contributed by atoms with Crippen molar-refractivity contribution in [3.63, 3.8) is 0 Å². The summed E-state index contributed by atoms with van der Waals surface area (Å²) in [7, 11) is 1.47. The predicted molar refractivity (Wildman–Crippen MR) is 119 cm³/mol. The normalized spacial score (nSPS) is 11.3. The van der Waals surface area contributed by atoms with E-state index in [1.54, 1.807) is 0 Å². The Morgan fingerprint density at radius 2 is 0.963 bits per heavy atom. The van der Waals surface area contributed by atoms with Crippen molar-refractivity contribution in [2.75, 3.05) is 7.11 Å². The van der Waals surface area contributed by atoms with Gasteiger partial charge in [-0.1, -0.05) is 109 Å². The topological polar surface area (TPSA) is 26.3 Å². The highest BCUT2D eigenvalue weighted by Gasteiger charge is 1.99. The standard InChI is InChI=1S/C25H48O2/c1-3-4-5-6-7-8-9-10-11-12-13-14-15-16-17-18-19-20-21-22-23-24-25(26)27-2/h8-9H,3-7,10-24H2,1-2H3/b9-8-. The molecule has 0 aliphatic heterocycles. The molecule has 0 radical (unpaired) electrons. The second-order valence-corrected chi connectivity index (χ2v) is 8.03. The van der Waals surface area contributed by atoms with Crippen LogP contribution in [-0.2, 0) is 9.53 Å². The molecule has 0 atom stereocenters. The Kier molecular flexibility index (Phi) is 22.6. The number of allylic oxidation sites excluding steroid dienone is 2. The molecule has 0 unspecified atom stereocenters. The van der Waals surface area contributed by atoms with E-state index in [0.717, 1.165) is 6.42 Å². The minimum Gasteiger partial charge on any atom is -0.469 e. The number of hydrogen-bond donors (Lipinski definition) is 0. The summed E-state index contributed by atoms with van der Waals surface area (Å²) in [6.45, 7) is 2.27. The van der Waals surface area contributed by atoms with E-state index in [1.165, 1.54) is 123 Å². The van der Waals surface area contributed by atoms with Crippen molar-refractivity contribution in [3.05, 3.63) is 12.2 Å². The van der Waals surface area contributed by atoms with E-state index in [2.05, 4.69) is 23.8 Å². The van der Waals surface area contributed by atoms with Gasteiger partial charge in [-0.05, 0) is 32.1 Å². The Balaban J connectivity index is 3.07. The van der Waals surface area contributed by atoms with Crippen LogP contribution in [0.4, 0.5) is 0 Å². The Labute approximate surface area is 170 Å². The lowest BCUT2D eigenvalue weighted by molar-refractivity contribution is -0.140. The minimum absolute atomic E-state index is 0.0655. The van der Waals surface area contributed by atoms with Crippen LogP contribution in [0.15, 0.2) is 12.2 Å². The summed E-state index contributed by atoms with van der Waals surface area (Å²) in [5.74, 6) is -0.0655. The molecule has 160 valence electrons. The second-order valence-electron chi connectivity index (χ2n) is 8.03. The zero-order valence-electron chi connectivity index (χ0n) is 18.6. The van der Waals surface area contributed by atoms with Gasteiger partial charge >= 0.3 is 5.97 Å². The smallest absolute Gasteiger partial charge is 0.305 e. The highest BCUT2D eigenvalue weighted by molar-refractivity contribution is 5.68. The van der Waals surface area contributed by atoms with Crippen molar-refractivity contribution in [3.8, 4) is 0 Å². The quantitative estimate of drug-likeness (QED) is 0.113. The lowest BCUT2D eigenvalue weighted by Crippen LogP contribution is -1.99. The molecule has 0 aromatic rings. The summed E-state index contributed by atoms with van der Waals surface area (Å²) in [6.07, 6.45) is 30.8. The van der Waals surface area contributed by atoms with Gasteiger partial charge in [0.15, 0.2) is 0 Å². The number of unbranched alkanes of at least 4 members (excludes halogenated alkanes) is 17. The first-order valence-electron chi connectivity index (χ1n) is 12.0. The highest BCUT2D eigenvalue weighted by atomic mass is 16.5. The minimum atomic E-state index is -0.0655. The molecule has 27 heavy (non-hydrogen) atoms. The van der Waals surface area contributed by atoms with Crippen LogP contribution in [0.1, 0.15) is 135 Å². The number of esters is 1. The zero-order chi connectivity index (χ0) is 19.8. The number of ether oxygens (including phenoxy) is 1. The third-order valence-corrected chi connectivity index (χ3v) is 5.37. The Bertz CT molecular complexity index is 322. The third-order valence-electron chi connectivity index (χ3n) is 5.37. The molecule has 0 N–H and O–H groups in total. The Morgan fingerprint density at radius 3 is 1.37 bits per heavy atom. The van der Waals surface area contributed by atoms with E-state index < -0.39 is 0 Å². The maximum absolute atomic E-state index is 11.0. The number of carbonyl (C=O) groups is 1. The monoisotopic (exact) mass is 380 g/mol. The molecule has 0 saturated carbocycles. The molecule has 0 heterocycles. The molecule has 0 aliphatic rings. The van der Waals surface area contributed by atoms with Crippen LogP contribution in [0.25, 0.3) is 0 Å². The van der Waals surface area contributed by atoms with Crippen LogP contribution in [0.3, 0.4) is 0 Å². The van der Waals surface area contributed by atoms with E-state index in [1.807, 2.05) is 0 Å². The highest BCUT2D eigenvalue weighted by Crippen LogP contribution is 2.13. The van der Waals surface area contributed by atoms with Crippen molar-refractivity contribution >= 4 is 5.97 Å². The zero-order valence-corrected chi connectivity index (χ0v) is 18.6. The molecular formula is C25H48O2. The maximum atomic E-state index is 11.0. The van der Waals surface area contributed by atoms with Crippen LogP contribution in [0.5, 0.6) is 0 Å². The number of methoxy groups -OCH3 is 1. The van der Waals surface area contributed by atoms with Gasteiger partial charge in [-0.3, -0.25) is 4.79 Å². The molecule has 0 bridgehead atoms. The Hall–Kier alpha value is -0.790. The van der Waals surface area contributed by atoms with Gasteiger partial charge in [-0.2, -0.15) is 0 Å². The van der Waals surface area contributed by atoms with Crippen molar-refractivity contribution in [1.82, 2.24) is 0 Å². The van der Waals surface area contributed by atoms with Gasteiger partial charge < -0.3 is 4.74 Å². The molecule has 0 aliphatic carbocycles. The summed E-state index contributed by atoms with van der Waals surface area (Å²) in [6, 6.07) is 0. The molecule has 0 aromatic carbocycles. The summed E-state index contributed by atoms with van der Waals surface area (Å²) in [4.78, 5) is 11.0. The van der Waals surface area contributed by atoms with E-state index in [-0.39, 0.29) is 5.97 Å². The number of rotatable bonds is 21. The molecule has 0 amide bonds. The Morgan fingerprint density at radius 1 is 0.593 bits per heavy atom. The average Bonchev–Trinajstić information content (AvgIpc) is 2.68. The summed E-state index contributed by atoms with van der Waals surface area (Å²) < 4.78 is 4.65. The fourth-order valence-electron chi connectivity index (χ4n) is 3.50. The van der Waals surface area contributed by atoms with E-state index >= 15 is 0 Å². The van der Waals surface area contributed by atoms with Gasteiger partial charge in [0, 0.05) is 6.42 Å². The molecule has 2 heteroatoms. The number of carbonyl (C=O) groups excluding carboxylic acids is 1. The first kappa shape index (κ1) is 26.2. The predicted octanol–water partition coefficient (Wildman–Crippen LogP) is 8.54. The number of hydrogen-bond acceptors (Lipinski definition) is 2. The second kappa shape index (κ2) is 23.2. The summed E-state index contributed by atoms with van der Waals surface area (Å²) in [5.41, 5.74) is 0. The van der Waals surface area contributed by atoms with Gasteiger partial charge in [0.05, 0.1) is 7.11 Å². The van der Waals surface area contributed by atoms with Gasteiger partial charge in [-0.15, -0.1) is 0 Å². The van der Waals surface area contributed by atoms with E-state index in [4.69, 9.17) is 0 Å². The lowest BCUT2D eigenvalue weighted by atomic mass is 10.0. The van der Waals surface area contributed by atoms with Crippen LogP contribution < -0.4 is 0 Å². The lowest BCUT2D eigenvalue weighted by Gasteiger charge is -2.03. The van der Waals surface area contributed by atoms with Crippen molar-refractivity contribution in [2.24, 2.45) is 0 Å². The first-order valence-corrected chi connectivity index (χ1v) is 12.0. The van der Waals surface area contributed by atoms with Crippen LogP contribution >= 0.6 is 0 Å². The van der Waals surface area contributed by atoms with Crippen LogP contribution in [0.2, 0.25) is 0 Å². The molecule has 2 nitrogen and oxygen atoms in total. The largest absolute Gasteiger partial charge is 0.469 e. The van der Waals surface area contributed by atoms with Crippen molar-refractivity contribution < 1.29 is 9.53 Å². The van der Waals surface area contributed by atoms with Crippen molar-refractivity contribution in [2.45, 2.75) is 135 Å². The fourth-order valence-corrected chi connectivity index (χ4v) is 3.50. The SMILES string of the molecule is CCCCCC/C=C\CCCCCCCCCCCCCCCC(=O)OC. The summed E-state index contributed by atoms with van der Waals surface area (Å²) in [5, 5.41) is 0. The molecule has 0 aromatic heterocycles. The van der Waals surface area contributed by atoms with Gasteiger partial charge in [-0.25, -0.2) is 0 Å². The van der Waals surface area contributed by atoms with Crippen LogP contribution in [0, 0.1) is 0 Å². The van der Waals surface area contributed by atoms with Gasteiger partial charge in [0.2, 0.25) is 0 Å².